The van der Waals surface area contributed by atoms with Gasteiger partial charge in [-0.15, -0.1) is 0 Å². The Balaban J connectivity index is 2.37. The van der Waals surface area contributed by atoms with E-state index in [1.165, 1.54) is 25.3 Å². The van der Waals surface area contributed by atoms with Crippen molar-refractivity contribution in [2.24, 2.45) is 0 Å². The SMILES string of the molecule is COC(=O)c1cccc(S(=O)(=O)N2CC(=O)NC(=O)C2)c1. The fourth-order valence-electron chi connectivity index (χ4n) is 1.83. The van der Waals surface area contributed by atoms with Gasteiger partial charge in [-0.3, -0.25) is 14.9 Å². The van der Waals surface area contributed by atoms with Crippen LogP contribution in [0.3, 0.4) is 0 Å². The Kier molecular flexibility index (Phi) is 4.05. The predicted molar refractivity (Wildman–Crippen MR) is 69.7 cm³/mol. The lowest BCUT2D eigenvalue weighted by Gasteiger charge is -2.24. The highest BCUT2D eigenvalue weighted by Crippen LogP contribution is 2.18. The van der Waals surface area contributed by atoms with Crippen LogP contribution in [0.25, 0.3) is 0 Å². The van der Waals surface area contributed by atoms with E-state index in [4.69, 9.17) is 0 Å². The van der Waals surface area contributed by atoms with Crippen LogP contribution in [0, 0.1) is 0 Å². The van der Waals surface area contributed by atoms with Crippen LogP contribution in [0.2, 0.25) is 0 Å². The number of sulfonamides is 1. The normalized spacial score (nSPS) is 16.4. The third-order valence-corrected chi connectivity index (χ3v) is 4.60. The van der Waals surface area contributed by atoms with Crippen LogP contribution in [-0.2, 0) is 24.3 Å². The maximum absolute atomic E-state index is 12.4. The number of nitrogens with one attached hydrogen (secondary N) is 1. The Bertz CT molecular complexity index is 696. The number of carbonyl (C=O) groups is 3. The quantitative estimate of drug-likeness (QED) is 0.573. The zero-order valence-corrected chi connectivity index (χ0v) is 11.8. The third kappa shape index (κ3) is 3.09. The number of amides is 2. The van der Waals surface area contributed by atoms with Crippen LogP contribution in [0.1, 0.15) is 10.4 Å². The Hall–Kier alpha value is -2.26. The molecule has 0 aromatic heterocycles. The topological polar surface area (TPSA) is 110 Å². The summed E-state index contributed by atoms with van der Waals surface area (Å²) in [6.45, 7) is -0.896. The highest BCUT2D eigenvalue weighted by atomic mass is 32.2. The Morgan fingerprint density at radius 2 is 1.86 bits per heavy atom. The molecular formula is C12H12N2O6S. The highest BCUT2D eigenvalue weighted by molar-refractivity contribution is 7.89. The first-order chi connectivity index (χ1) is 9.84. The summed E-state index contributed by atoms with van der Waals surface area (Å²) in [7, 11) is -2.87. The molecule has 2 rings (SSSR count). The van der Waals surface area contributed by atoms with Crippen LogP contribution in [0.5, 0.6) is 0 Å². The van der Waals surface area contributed by atoms with Gasteiger partial charge in [-0.2, -0.15) is 4.31 Å². The molecule has 21 heavy (non-hydrogen) atoms. The van der Waals surface area contributed by atoms with E-state index in [1.54, 1.807) is 0 Å². The Morgan fingerprint density at radius 3 is 2.43 bits per heavy atom. The van der Waals surface area contributed by atoms with Crippen LogP contribution in [0.4, 0.5) is 0 Å². The van der Waals surface area contributed by atoms with Gasteiger partial charge in [0, 0.05) is 0 Å². The van der Waals surface area contributed by atoms with Gasteiger partial charge in [-0.25, -0.2) is 13.2 Å². The molecule has 2 amide bonds. The Morgan fingerprint density at radius 1 is 1.24 bits per heavy atom. The van der Waals surface area contributed by atoms with Crippen molar-refractivity contribution in [3.63, 3.8) is 0 Å². The van der Waals surface area contributed by atoms with Gasteiger partial charge in [0.1, 0.15) is 0 Å². The average Bonchev–Trinajstić information content (AvgIpc) is 2.45. The smallest absolute Gasteiger partial charge is 0.337 e. The van der Waals surface area contributed by atoms with Crippen LogP contribution in [-0.4, -0.2) is 50.7 Å². The first-order valence-electron chi connectivity index (χ1n) is 5.86. The molecule has 9 heteroatoms. The number of methoxy groups -OCH3 is 1. The summed E-state index contributed by atoms with van der Waals surface area (Å²) in [5.74, 6) is -2.07. The molecule has 1 saturated heterocycles. The van der Waals surface area contributed by atoms with E-state index in [9.17, 15) is 22.8 Å². The van der Waals surface area contributed by atoms with Crippen molar-refractivity contribution in [3.8, 4) is 0 Å². The van der Waals surface area contributed by atoms with Gasteiger partial charge in [0.2, 0.25) is 21.8 Å². The summed E-state index contributed by atoms with van der Waals surface area (Å²) in [6, 6.07) is 5.20. The fraction of sp³-hybridized carbons (Fsp3) is 0.250. The lowest BCUT2D eigenvalue weighted by Crippen LogP contribution is -2.53. The highest BCUT2D eigenvalue weighted by Gasteiger charge is 2.33. The molecular weight excluding hydrogens is 300 g/mol. The second-order valence-corrected chi connectivity index (χ2v) is 6.20. The van der Waals surface area contributed by atoms with Crippen molar-refractivity contribution in [1.29, 1.82) is 0 Å². The Labute approximate surface area is 120 Å². The summed E-state index contributed by atoms with van der Waals surface area (Å²) in [6.07, 6.45) is 0. The molecule has 0 atom stereocenters. The zero-order chi connectivity index (χ0) is 15.6. The maximum atomic E-state index is 12.4. The van der Waals surface area contributed by atoms with Crippen molar-refractivity contribution in [3.05, 3.63) is 29.8 Å². The van der Waals surface area contributed by atoms with Gasteiger partial charge >= 0.3 is 5.97 Å². The second kappa shape index (κ2) is 5.62. The summed E-state index contributed by atoms with van der Waals surface area (Å²) in [4.78, 5) is 33.8. The monoisotopic (exact) mass is 312 g/mol. The van der Waals surface area contributed by atoms with Gasteiger partial charge in [-0.1, -0.05) is 6.07 Å². The van der Waals surface area contributed by atoms with Gasteiger partial charge in [0.25, 0.3) is 0 Å². The lowest BCUT2D eigenvalue weighted by atomic mass is 10.2. The molecule has 112 valence electrons. The molecule has 0 unspecified atom stereocenters. The summed E-state index contributed by atoms with van der Waals surface area (Å²) in [5.41, 5.74) is 0.0614. The number of imide groups is 1. The number of nitrogens with zero attached hydrogens (tertiary/aromatic N) is 1. The van der Waals surface area contributed by atoms with Gasteiger partial charge in [-0.05, 0) is 18.2 Å². The fourth-order valence-corrected chi connectivity index (χ4v) is 3.23. The van der Waals surface area contributed by atoms with E-state index in [0.29, 0.717) is 0 Å². The molecule has 1 heterocycles. The number of ether oxygens (including phenoxy) is 1. The van der Waals surface area contributed by atoms with E-state index >= 15 is 0 Å². The first-order valence-corrected chi connectivity index (χ1v) is 7.30. The maximum Gasteiger partial charge on any atom is 0.337 e. The number of esters is 1. The minimum absolute atomic E-state index is 0.0614. The van der Waals surface area contributed by atoms with E-state index < -0.39 is 40.9 Å². The predicted octanol–water partition coefficient (Wildman–Crippen LogP) is -0.880. The van der Waals surface area contributed by atoms with Crippen LogP contribution in [0.15, 0.2) is 29.2 Å². The largest absolute Gasteiger partial charge is 0.465 e. The second-order valence-electron chi connectivity index (χ2n) is 4.26. The molecule has 1 aliphatic heterocycles. The summed E-state index contributed by atoms with van der Waals surface area (Å²) < 4.78 is 30.0. The lowest BCUT2D eigenvalue weighted by molar-refractivity contribution is -0.134. The molecule has 1 fully saturated rings. The molecule has 1 aromatic carbocycles. The molecule has 1 aromatic rings. The summed E-state index contributed by atoms with van der Waals surface area (Å²) in [5, 5.41) is 2.01. The number of piperazine rings is 1. The molecule has 0 radical (unpaired) electrons. The molecule has 1 aliphatic rings. The summed E-state index contributed by atoms with van der Waals surface area (Å²) >= 11 is 0. The molecule has 0 spiro atoms. The number of benzene rings is 1. The zero-order valence-electron chi connectivity index (χ0n) is 11.0. The minimum atomic E-state index is -4.05. The van der Waals surface area contributed by atoms with Gasteiger partial charge in [0.15, 0.2) is 0 Å². The number of hydrogen-bond acceptors (Lipinski definition) is 6. The number of carbonyl (C=O) groups excluding carboxylic acids is 3. The molecule has 8 nitrogen and oxygen atoms in total. The van der Waals surface area contributed by atoms with E-state index in [-0.39, 0.29) is 10.5 Å². The molecule has 0 saturated carbocycles. The first kappa shape index (κ1) is 15.1. The van der Waals surface area contributed by atoms with E-state index in [1.807, 2.05) is 5.32 Å². The number of rotatable bonds is 3. The van der Waals surface area contributed by atoms with Gasteiger partial charge in [0.05, 0.1) is 30.7 Å². The van der Waals surface area contributed by atoms with E-state index in [0.717, 1.165) is 10.4 Å². The standard InChI is InChI=1S/C12H12N2O6S/c1-20-12(17)8-3-2-4-9(5-8)21(18,19)14-6-10(15)13-11(16)7-14/h2-5H,6-7H2,1H3,(H,13,15,16). The van der Waals surface area contributed by atoms with Crippen LogP contribution >= 0.6 is 0 Å². The van der Waals surface area contributed by atoms with Gasteiger partial charge < -0.3 is 4.74 Å². The minimum Gasteiger partial charge on any atom is -0.465 e. The van der Waals surface area contributed by atoms with Crippen LogP contribution < -0.4 is 5.32 Å². The van der Waals surface area contributed by atoms with Crippen molar-refractivity contribution in [2.75, 3.05) is 20.2 Å². The van der Waals surface area contributed by atoms with Crippen molar-refractivity contribution >= 4 is 27.8 Å². The third-order valence-electron chi connectivity index (χ3n) is 2.81. The van der Waals surface area contributed by atoms with Crippen molar-refractivity contribution in [2.45, 2.75) is 4.90 Å². The molecule has 1 N–H and O–H groups in total. The number of hydrogen-bond donors (Lipinski definition) is 1. The molecule has 0 aliphatic carbocycles. The van der Waals surface area contributed by atoms with Crippen molar-refractivity contribution < 1.29 is 27.5 Å². The average molecular weight is 312 g/mol. The van der Waals surface area contributed by atoms with E-state index in [2.05, 4.69) is 4.74 Å². The van der Waals surface area contributed by atoms with Crippen molar-refractivity contribution in [1.82, 2.24) is 9.62 Å². The molecule has 0 bridgehead atoms.